The van der Waals surface area contributed by atoms with E-state index in [-0.39, 0.29) is 17.2 Å². The lowest BCUT2D eigenvalue weighted by Crippen LogP contribution is -1.97. The molecule has 0 saturated heterocycles. The fraction of sp³-hybridized carbons (Fsp3) is 0. The Morgan fingerprint density at radius 2 is 1.96 bits per heavy atom. The van der Waals surface area contributed by atoms with Crippen molar-refractivity contribution in [2.24, 2.45) is 0 Å². The lowest BCUT2D eigenvalue weighted by Gasteiger charge is -2.10. The molecule has 25 heavy (non-hydrogen) atoms. The van der Waals surface area contributed by atoms with E-state index >= 15 is 0 Å². The van der Waals surface area contributed by atoms with Crippen molar-refractivity contribution in [3.63, 3.8) is 0 Å². The van der Waals surface area contributed by atoms with Crippen LogP contribution in [-0.4, -0.2) is 9.97 Å². The molecular formula is C19H10FN3OS. The van der Waals surface area contributed by atoms with E-state index in [0.717, 1.165) is 11.6 Å². The first kappa shape index (κ1) is 15.2. The first-order valence-corrected chi connectivity index (χ1v) is 8.36. The number of nitriles is 1. The third kappa shape index (κ3) is 2.93. The third-order valence-electron chi connectivity index (χ3n) is 3.62. The van der Waals surface area contributed by atoms with Gasteiger partial charge in [0.05, 0.1) is 22.5 Å². The van der Waals surface area contributed by atoms with Gasteiger partial charge < -0.3 is 4.74 Å². The number of rotatable bonds is 3. The van der Waals surface area contributed by atoms with Gasteiger partial charge in [-0.1, -0.05) is 12.1 Å². The molecule has 0 aliphatic carbocycles. The third-order valence-corrected chi connectivity index (χ3v) is 4.30. The first-order valence-electron chi connectivity index (χ1n) is 7.41. The van der Waals surface area contributed by atoms with Gasteiger partial charge in [0.1, 0.15) is 0 Å². The molecule has 4 aromatic rings. The van der Waals surface area contributed by atoms with Gasteiger partial charge in [0.25, 0.3) is 0 Å². The lowest BCUT2D eigenvalue weighted by atomic mass is 10.2. The summed E-state index contributed by atoms with van der Waals surface area (Å²) in [6, 6.07) is 15.3. The Balaban J connectivity index is 1.84. The zero-order valence-corrected chi connectivity index (χ0v) is 13.6. The number of aromatic nitrogens is 2. The molecule has 0 amide bonds. The van der Waals surface area contributed by atoms with E-state index in [9.17, 15) is 4.39 Å². The minimum atomic E-state index is -0.612. The second-order valence-corrected chi connectivity index (χ2v) is 6.02. The molecule has 0 N–H and O–H groups in total. The van der Waals surface area contributed by atoms with E-state index in [2.05, 4.69) is 9.97 Å². The number of thiophene rings is 1. The van der Waals surface area contributed by atoms with Gasteiger partial charge in [0, 0.05) is 10.9 Å². The molecule has 0 unspecified atom stereocenters. The van der Waals surface area contributed by atoms with Gasteiger partial charge in [-0.25, -0.2) is 9.37 Å². The largest absolute Gasteiger partial charge is 0.435 e. The van der Waals surface area contributed by atoms with Gasteiger partial charge >= 0.3 is 0 Å². The van der Waals surface area contributed by atoms with E-state index < -0.39 is 5.82 Å². The second kappa shape index (κ2) is 6.30. The van der Waals surface area contributed by atoms with Crippen molar-refractivity contribution in [1.82, 2.24) is 9.97 Å². The molecule has 0 radical (unpaired) electrons. The molecule has 0 bridgehead atoms. The average Bonchev–Trinajstić information content (AvgIpc) is 3.18. The van der Waals surface area contributed by atoms with E-state index in [0.29, 0.717) is 16.7 Å². The summed E-state index contributed by atoms with van der Waals surface area (Å²) in [5.74, 6) is 0.192. The Labute approximate surface area is 146 Å². The van der Waals surface area contributed by atoms with Crippen LogP contribution in [0.15, 0.2) is 59.3 Å². The summed E-state index contributed by atoms with van der Waals surface area (Å²) in [6.45, 7) is 0. The maximum Gasteiger partial charge on any atom is 0.230 e. The van der Waals surface area contributed by atoms with Crippen molar-refractivity contribution in [3.05, 3.63) is 70.7 Å². The van der Waals surface area contributed by atoms with E-state index in [1.807, 2.05) is 47.2 Å². The van der Waals surface area contributed by atoms with E-state index in [1.54, 1.807) is 11.3 Å². The number of hydrogen-bond donors (Lipinski definition) is 0. The summed E-state index contributed by atoms with van der Waals surface area (Å²) in [5, 5.41) is 13.4. The van der Waals surface area contributed by atoms with Crippen LogP contribution in [0.25, 0.3) is 22.3 Å². The van der Waals surface area contributed by atoms with Crippen molar-refractivity contribution < 1.29 is 9.13 Å². The normalized spacial score (nSPS) is 10.6. The predicted molar refractivity (Wildman–Crippen MR) is 94.0 cm³/mol. The highest BCUT2D eigenvalue weighted by Crippen LogP contribution is 2.31. The summed E-state index contributed by atoms with van der Waals surface area (Å²) in [7, 11) is 0. The number of nitrogens with zero attached hydrogens (tertiary/aromatic N) is 3. The lowest BCUT2D eigenvalue weighted by molar-refractivity contribution is 0.432. The molecule has 0 saturated carbocycles. The smallest absolute Gasteiger partial charge is 0.230 e. The van der Waals surface area contributed by atoms with Crippen LogP contribution in [0.5, 0.6) is 11.6 Å². The Morgan fingerprint density at radius 3 is 2.72 bits per heavy atom. The number of fused-ring (bicyclic) bond motifs is 1. The van der Waals surface area contributed by atoms with E-state index in [1.165, 1.54) is 12.1 Å². The Kier molecular flexibility index (Phi) is 3.84. The predicted octanol–water partition coefficient (Wildman–Crippen LogP) is 5.16. The van der Waals surface area contributed by atoms with Gasteiger partial charge in [0.15, 0.2) is 17.4 Å². The monoisotopic (exact) mass is 347 g/mol. The van der Waals surface area contributed by atoms with Crippen LogP contribution in [0.1, 0.15) is 5.56 Å². The van der Waals surface area contributed by atoms with Crippen molar-refractivity contribution in [1.29, 1.82) is 5.26 Å². The highest BCUT2D eigenvalue weighted by molar-refractivity contribution is 7.08. The molecule has 0 fully saturated rings. The molecular weight excluding hydrogens is 337 g/mol. The first-order chi connectivity index (χ1) is 12.2. The maximum atomic E-state index is 14.2. The van der Waals surface area contributed by atoms with Crippen LogP contribution in [0.3, 0.4) is 0 Å². The van der Waals surface area contributed by atoms with Gasteiger partial charge in [-0.05, 0) is 41.8 Å². The van der Waals surface area contributed by atoms with Crippen molar-refractivity contribution in [3.8, 4) is 29.1 Å². The molecule has 120 valence electrons. The summed E-state index contributed by atoms with van der Waals surface area (Å²) < 4.78 is 19.9. The Bertz CT molecular complexity index is 1100. The number of halogens is 1. The van der Waals surface area contributed by atoms with Crippen molar-refractivity contribution >= 4 is 22.2 Å². The maximum absolute atomic E-state index is 14.2. The molecule has 0 atom stereocenters. The Hall–Kier alpha value is -3.30. The molecule has 0 spiro atoms. The number of hydrogen-bond acceptors (Lipinski definition) is 5. The fourth-order valence-corrected chi connectivity index (χ4v) is 3.04. The summed E-state index contributed by atoms with van der Waals surface area (Å²) in [4.78, 5) is 9.01. The number of benzene rings is 2. The minimum absolute atomic E-state index is 0.0131. The quantitative estimate of drug-likeness (QED) is 0.513. The summed E-state index contributed by atoms with van der Waals surface area (Å²) in [5.41, 5.74) is 1.82. The van der Waals surface area contributed by atoms with Gasteiger partial charge in [-0.15, -0.1) is 0 Å². The second-order valence-electron chi connectivity index (χ2n) is 5.24. The van der Waals surface area contributed by atoms with Crippen LogP contribution in [-0.2, 0) is 0 Å². The zero-order chi connectivity index (χ0) is 17.2. The van der Waals surface area contributed by atoms with Crippen molar-refractivity contribution in [2.45, 2.75) is 0 Å². The highest BCUT2D eigenvalue weighted by Gasteiger charge is 2.13. The molecule has 4 rings (SSSR count). The van der Waals surface area contributed by atoms with E-state index in [4.69, 9.17) is 10.00 Å². The molecule has 0 aliphatic heterocycles. The fourth-order valence-electron chi connectivity index (χ4n) is 2.40. The molecule has 6 heteroatoms. The van der Waals surface area contributed by atoms with Crippen LogP contribution >= 0.6 is 11.3 Å². The van der Waals surface area contributed by atoms with Crippen molar-refractivity contribution in [2.75, 3.05) is 0 Å². The number of para-hydroxylation sites is 1. The van der Waals surface area contributed by atoms with Gasteiger partial charge in [-0.2, -0.15) is 21.6 Å². The molecule has 0 aliphatic rings. The summed E-state index contributed by atoms with van der Waals surface area (Å²) >= 11 is 1.54. The highest BCUT2D eigenvalue weighted by atomic mass is 32.1. The average molecular weight is 347 g/mol. The Morgan fingerprint density at radius 1 is 1.08 bits per heavy atom. The van der Waals surface area contributed by atoms with Crippen LogP contribution in [0.4, 0.5) is 4.39 Å². The SMILES string of the molecule is N#Cc1ccc(Oc2nc(-c3ccsc3)nc3ccccc23)c(F)c1. The standard InChI is InChI=1S/C19H10FN3OS/c20-15-9-12(10-21)5-6-17(15)24-19-14-3-1-2-4-16(14)22-18(23-19)13-7-8-25-11-13/h1-9,11H. The van der Waals surface area contributed by atoms with Gasteiger partial charge in [-0.3, -0.25) is 0 Å². The number of ether oxygens (including phenoxy) is 1. The molecule has 4 nitrogen and oxygen atoms in total. The summed E-state index contributed by atoms with van der Waals surface area (Å²) in [6.07, 6.45) is 0. The van der Waals surface area contributed by atoms with Crippen LogP contribution < -0.4 is 4.74 Å². The van der Waals surface area contributed by atoms with Gasteiger partial charge in [0.2, 0.25) is 5.88 Å². The molecule has 2 heterocycles. The zero-order valence-electron chi connectivity index (χ0n) is 12.8. The topological polar surface area (TPSA) is 58.8 Å². The van der Waals surface area contributed by atoms with Crippen LogP contribution in [0, 0.1) is 17.1 Å². The molecule has 2 aromatic heterocycles. The molecule has 2 aromatic carbocycles. The van der Waals surface area contributed by atoms with Crippen LogP contribution in [0.2, 0.25) is 0 Å². The minimum Gasteiger partial charge on any atom is -0.435 e.